The first-order chi connectivity index (χ1) is 13.0. The molecule has 8 heteroatoms. The number of rotatable bonds is 5. The van der Waals surface area contributed by atoms with E-state index in [9.17, 15) is 4.79 Å². The van der Waals surface area contributed by atoms with Crippen LogP contribution in [0.1, 0.15) is 41.3 Å². The van der Waals surface area contributed by atoms with Gasteiger partial charge in [-0.1, -0.05) is 0 Å². The molecular formula is C19H25N5O3. The van der Waals surface area contributed by atoms with Crippen molar-refractivity contribution in [2.24, 2.45) is 0 Å². The van der Waals surface area contributed by atoms with Crippen LogP contribution in [0.3, 0.4) is 0 Å². The molecule has 0 fully saturated rings. The molecule has 4 rings (SSSR count). The average Bonchev–Trinajstić information content (AvgIpc) is 3.12. The van der Waals surface area contributed by atoms with Crippen LogP contribution in [0.25, 0.3) is 0 Å². The van der Waals surface area contributed by atoms with E-state index in [1.165, 1.54) is 0 Å². The zero-order valence-corrected chi connectivity index (χ0v) is 15.8. The highest BCUT2D eigenvalue weighted by atomic mass is 16.5. The van der Waals surface area contributed by atoms with Gasteiger partial charge >= 0.3 is 5.97 Å². The molecule has 0 saturated carbocycles. The summed E-state index contributed by atoms with van der Waals surface area (Å²) < 4.78 is 8.12. The number of carbonyl (C=O) groups is 1. The number of fused-ring (bicyclic) bond motifs is 2. The van der Waals surface area contributed by atoms with Crippen LogP contribution in [0.5, 0.6) is 5.88 Å². The fourth-order valence-corrected chi connectivity index (χ4v) is 3.95. The zero-order chi connectivity index (χ0) is 19.0. The molecule has 1 N–H and O–H groups in total. The molecule has 0 aliphatic carbocycles. The summed E-state index contributed by atoms with van der Waals surface area (Å²) in [6.07, 6.45) is 2.56. The zero-order valence-electron chi connectivity index (χ0n) is 15.8. The molecule has 1 unspecified atom stereocenters. The van der Waals surface area contributed by atoms with Gasteiger partial charge < -0.3 is 9.84 Å². The van der Waals surface area contributed by atoms with Gasteiger partial charge in [-0.25, -0.2) is 4.98 Å². The molecule has 0 radical (unpaired) electrons. The molecule has 144 valence electrons. The Morgan fingerprint density at radius 1 is 1.33 bits per heavy atom. The molecule has 2 aromatic heterocycles. The van der Waals surface area contributed by atoms with Gasteiger partial charge in [0.2, 0.25) is 5.88 Å². The van der Waals surface area contributed by atoms with E-state index in [1.54, 1.807) is 0 Å². The normalized spacial score (nSPS) is 19.3. The highest BCUT2D eigenvalue weighted by molar-refractivity contribution is 5.66. The molecule has 2 aliphatic rings. The molecule has 2 aromatic rings. The molecule has 0 saturated heterocycles. The predicted octanol–water partition coefficient (Wildman–Crippen LogP) is 1.52. The smallest absolute Gasteiger partial charge is 0.303 e. The number of hydrogen-bond donors (Lipinski definition) is 1. The van der Waals surface area contributed by atoms with Crippen LogP contribution in [0.15, 0.2) is 6.07 Å². The van der Waals surface area contributed by atoms with Crippen molar-refractivity contribution in [2.75, 3.05) is 13.1 Å². The second kappa shape index (κ2) is 7.26. The van der Waals surface area contributed by atoms with E-state index in [-0.39, 0.29) is 12.5 Å². The Labute approximate surface area is 158 Å². The van der Waals surface area contributed by atoms with Crippen LogP contribution in [0.2, 0.25) is 0 Å². The molecule has 27 heavy (non-hydrogen) atoms. The van der Waals surface area contributed by atoms with E-state index >= 15 is 0 Å². The van der Waals surface area contributed by atoms with Gasteiger partial charge in [0.15, 0.2) is 0 Å². The Morgan fingerprint density at radius 2 is 2.19 bits per heavy atom. The number of aliphatic carboxylic acids is 1. The van der Waals surface area contributed by atoms with E-state index in [0.29, 0.717) is 6.42 Å². The third-order valence-corrected chi connectivity index (χ3v) is 5.20. The van der Waals surface area contributed by atoms with Gasteiger partial charge in [0.05, 0.1) is 17.8 Å². The van der Waals surface area contributed by atoms with Gasteiger partial charge in [-0.05, 0) is 26.3 Å². The summed E-state index contributed by atoms with van der Waals surface area (Å²) in [4.78, 5) is 22.1. The number of aromatic nitrogens is 4. The number of aryl methyl sites for hydroxylation is 4. The maximum Gasteiger partial charge on any atom is 0.303 e. The molecular weight excluding hydrogens is 346 g/mol. The number of ether oxygens (including phenoxy) is 1. The Hall–Kier alpha value is -2.48. The minimum atomic E-state index is -0.786. The Kier molecular flexibility index (Phi) is 4.82. The van der Waals surface area contributed by atoms with Crippen LogP contribution in [0, 0.1) is 13.8 Å². The first-order valence-electron chi connectivity index (χ1n) is 9.48. The average molecular weight is 371 g/mol. The predicted molar refractivity (Wildman–Crippen MR) is 97.7 cm³/mol. The lowest BCUT2D eigenvalue weighted by molar-refractivity contribution is -0.136. The van der Waals surface area contributed by atoms with Crippen molar-refractivity contribution >= 4 is 5.97 Å². The highest BCUT2D eigenvalue weighted by Gasteiger charge is 2.29. The molecule has 0 aromatic carbocycles. The van der Waals surface area contributed by atoms with E-state index in [4.69, 9.17) is 9.84 Å². The van der Waals surface area contributed by atoms with Crippen LogP contribution in [0.4, 0.5) is 0 Å². The molecule has 2 aliphatic heterocycles. The standard InChI is InChI=1S/C19H25N5O3/c1-12-17-9-16(27-19(17)21-13(2)20-12)11-23-6-3-7-24-15(10-23)8-14(22-24)4-5-18(25)26/h8,16H,3-7,9-11H2,1-2H3,(H,25,26). The minimum Gasteiger partial charge on any atom is -0.481 e. The van der Waals surface area contributed by atoms with E-state index in [2.05, 4.69) is 20.0 Å². The van der Waals surface area contributed by atoms with Crippen molar-refractivity contribution in [3.05, 3.63) is 34.5 Å². The lowest BCUT2D eigenvalue weighted by atomic mass is 10.1. The van der Waals surface area contributed by atoms with Gasteiger partial charge in [-0.3, -0.25) is 14.4 Å². The summed E-state index contributed by atoms with van der Waals surface area (Å²) in [7, 11) is 0. The fourth-order valence-electron chi connectivity index (χ4n) is 3.95. The minimum absolute atomic E-state index is 0.0933. The topological polar surface area (TPSA) is 93.4 Å². The quantitative estimate of drug-likeness (QED) is 0.851. The largest absolute Gasteiger partial charge is 0.481 e. The third kappa shape index (κ3) is 3.95. The molecule has 8 nitrogen and oxygen atoms in total. The molecule has 0 spiro atoms. The summed E-state index contributed by atoms with van der Waals surface area (Å²) in [5.41, 5.74) is 4.15. The molecule has 0 bridgehead atoms. The van der Waals surface area contributed by atoms with Gasteiger partial charge in [0.25, 0.3) is 0 Å². The maximum atomic E-state index is 10.8. The summed E-state index contributed by atoms with van der Waals surface area (Å²) in [5, 5.41) is 13.4. The second-order valence-corrected chi connectivity index (χ2v) is 7.42. The van der Waals surface area contributed by atoms with Crippen molar-refractivity contribution in [1.82, 2.24) is 24.6 Å². The van der Waals surface area contributed by atoms with Crippen LogP contribution in [-0.2, 0) is 30.7 Å². The Bertz CT molecular complexity index is 863. The molecule has 1 atom stereocenters. The van der Waals surface area contributed by atoms with E-state index < -0.39 is 5.97 Å². The number of hydrogen-bond acceptors (Lipinski definition) is 6. The van der Waals surface area contributed by atoms with Crippen molar-refractivity contribution in [3.8, 4) is 5.88 Å². The number of nitrogens with zero attached hydrogens (tertiary/aromatic N) is 5. The van der Waals surface area contributed by atoms with Crippen LogP contribution < -0.4 is 4.74 Å². The van der Waals surface area contributed by atoms with Crippen LogP contribution in [-0.4, -0.2) is 54.9 Å². The summed E-state index contributed by atoms with van der Waals surface area (Å²) in [6, 6.07) is 2.05. The lowest BCUT2D eigenvalue weighted by Gasteiger charge is -2.22. The van der Waals surface area contributed by atoms with Crippen molar-refractivity contribution < 1.29 is 14.6 Å². The van der Waals surface area contributed by atoms with Gasteiger partial charge in [-0.15, -0.1) is 0 Å². The summed E-state index contributed by atoms with van der Waals surface area (Å²) in [5.74, 6) is 0.701. The number of carboxylic acids is 1. The number of carboxylic acid groups (broad SMARTS) is 1. The van der Waals surface area contributed by atoms with Gasteiger partial charge in [0, 0.05) is 50.3 Å². The van der Waals surface area contributed by atoms with Crippen LogP contribution >= 0.6 is 0 Å². The fraction of sp³-hybridized carbons (Fsp3) is 0.579. The maximum absolute atomic E-state index is 10.8. The Morgan fingerprint density at radius 3 is 3.00 bits per heavy atom. The van der Waals surface area contributed by atoms with Crippen molar-refractivity contribution in [2.45, 2.75) is 58.7 Å². The van der Waals surface area contributed by atoms with E-state index in [0.717, 1.165) is 73.4 Å². The Balaban J connectivity index is 1.41. The first kappa shape index (κ1) is 17.9. The summed E-state index contributed by atoms with van der Waals surface area (Å²) >= 11 is 0. The van der Waals surface area contributed by atoms with Gasteiger partial charge in [-0.2, -0.15) is 10.1 Å². The second-order valence-electron chi connectivity index (χ2n) is 7.42. The third-order valence-electron chi connectivity index (χ3n) is 5.20. The SMILES string of the molecule is Cc1nc(C)c2c(n1)OC(CN1CCCn3nc(CCC(=O)O)cc3C1)C2. The molecule has 0 amide bonds. The monoisotopic (exact) mass is 371 g/mol. The van der Waals surface area contributed by atoms with Gasteiger partial charge in [0.1, 0.15) is 11.9 Å². The summed E-state index contributed by atoms with van der Waals surface area (Å²) in [6.45, 7) is 7.41. The van der Waals surface area contributed by atoms with Crippen molar-refractivity contribution in [1.29, 1.82) is 0 Å². The first-order valence-corrected chi connectivity index (χ1v) is 9.48. The van der Waals surface area contributed by atoms with Crippen molar-refractivity contribution in [3.63, 3.8) is 0 Å². The highest BCUT2D eigenvalue weighted by Crippen LogP contribution is 2.29. The van der Waals surface area contributed by atoms with E-state index in [1.807, 2.05) is 24.6 Å². The molecule has 4 heterocycles. The lowest BCUT2D eigenvalue weighted by Crippen LogP contribution is -2.34.